The normalized spacial score (nSPS) is 18.9. The summed E-state index contributed by atoms with van der Waals surface area (Å²) < 4.78 is 1.00. The van der Waals surface area contributed by atoms with Crippen molar-refractivity contribution >= 4 is 21.6 Å². The lowest BCUT2D eigenvalue weighted by Crippen LogP contribution is -2.13. The predicted molar refractivity (Wildman–Crippen MR) is 72.9 cm³/mol. The van der Waals surface area contributed by atoms with Gasteiger partial charge < -0.3 is 10.6 Å². The van der Waals surface area contributed by atoms with Crippen LogP contribution in [0.25, 0.3) is 0 Å². The van der Waals surface area contributed by atoms with Crippen LogP contribution in [0, 0.1) is 17.2 Å². The van der Waals surface area contributed by atoms with Gasteiger partial charge in [0.15, 0.2) is 0 Å². The Bertz CT molecular complexity index is 419. The summed E-state index contributed by atoms with van der Waals surface area (Å²) in [4.78, 5) is 0. The first kappa shape index (κ1) is 12.4. The lowest BCUT2D eigenvalue weighted by molar-refractivity contribution is 0.549. The van der Waals surface area contributed by atoms with E-state index in [9.17, 15) is 0 Å². The average Bonchev–Trinajstić information content (AvgIpc) is 2.82. The molecule has 17 heavy (non-hydrogen) atoms. The highest BCUT2D eigenvalue weighted by Crippen LogP contribution is 2.21. The number of anilines is 1. The van der Waals surface area contributed by atoms with Crippen molar-refractivity contribution in [2.24, 2.45) is 5.92 Å². The van der Waals surface area contributed by atoms with E-state index in [1.807, 2.05) is 18.2 Å². The van der Waals surface area contributed by atoms with Crippen molar-refractivity contribution in [2.45, 2.75) is 12.8 Å². The second-order valence-electron chi connectivity index (χ2n) is 4.38. The Labute approximate surface area is 110 Å². The van der Waals surface area contributed by atoms with Crippen molar-refractivity contribution in [2.75, 3.05) is 25.0 Å². The molecule has 1 unspecified atom stereocenters. The van der Waals surface area contributed by atoms with E-state index < -0.39 is 0 Å². The van der Waals surface area contributed by atoms with Crippen molar-refractivity contribution < 1.29 is 0 Å². The van der Waals surface area contributed by atoms with Gasteiger partial charge in [0.25, 0.3) is 0 Å². The van der Waals surface area contributed by atoms with Gasteiger partial charge in [-0.05, 0) is 50.0 Å². The highest BCUT2D eigenvalue weighted by molar-refractivity contribution is 9.10. The maximum Gasteiger partial charge on any atom is 0.101 e. The Kier molecular flexibility index (Phi) is 4.41. The van der Waals surface area contributed by atoms with Gasteiger partial charge in [0, 0.05) is 11.0 Å². The third-order valence-electron chi connectivity index (χ3n) is 3.13. The van der Waals surface area contributed by atoms with E-state index in [2.05, 4.69) is 32.6 Å². The van der Waals surface area contributed by atoms with Gasteiger partial charge in [-0.2, -0.15) is 5.26 Å². The zero-order chi connectivity index (χ0) is 12.1. The monoisotopic (exact) mass is 293 g/mol. The minimum absolute atomic E-state index is 0.706. The van der Waals surface area contributed by atoms with Crippen molar-refractivity contribution in [3.63, 3.8) is 0 Å². The molecule has 0 spiro atoms. The molecule has 4 heteroatoms. The van der Waals surface area contributed by atoms with Crippen LogP contribution in [0.3, 0.4) is 0 Å². The molecule has 0 saturated carbocycles. The third kappa shape index (κ3) is 3.45. The third-order valence-corrected chi connectivity index (χ3v) is 3.63. The van der Waals surface area contributed by atoms with Crippen LogP contribution in [0.15, 0.2) is 22.7 Å². The summed E-state index contributed by atoms with van der Waals surface area (Å²) in [5, 5.41) is 15.7. The molecule has 0 radical (unpaired) electrons. The Balaban J connectivity index is 1.89. The number of benzene rings is 1. The summed E-state index contributed by atoms with van der Waals surface area (Å²) in [6, 6.07) is 7.90. The summed E-state index contributed by atoms with van der Waals surface area (Å²) in [5.41, 5.74) is 1.63. The Hall–Kier alpha value is -1.05. The van der Waals surface area contributed by atoms with Gasteiger partial charge in [0.1, 0.15) is 6.07 Å². The molecule has 1 heterocycles. The van der Waals surface area contributed by atoms with E-state index in [0.29, 0.717) is 5.56 Å². The van der Waals surface area contributed by atoms with Gasteiger partial charge in [0.2, 0.25) is 0 Å². The van der Waals surface area contributed by atoms with Crippen molar-refractivity contribution in [1.29, 1.82) is 5.26 Å². The summed E-state index contributed by atoms with van der Waals surface area (Å²) >= 11 is 3.42. The topological polar surface area (TPSA) is 47.9 Å². The van der Waals surface area contributed by atoms with Crippen LogP contribution in [-0.2, 0) is 0 Å². The second kappa shape index (κ2) is 6.04. The van der Waals surface area contributed by atoms with Crippen molar-refractivity contribution in [3.05, 3.63) is 28.2 Å². The molecule has 0 aromatic heterocycles. The maximum atomic E-state index is 9.00. The lowest BCUT2D eigenvalue weighted by atomic mass is 10.1. The molecule has 3 nitrogen and oxygen atoms in total. The van der Waals surface area contributed by atoms with Crippen molar-refractivity contribution in [3.8, 4) is 6.07 Å². The molecule has 0 bridgehead atoms. The molecule has 1 saturated heterocycles. The second-order valence-corrected chi connectivity index (χ2v) is 5.29. The summed E-state index contributed by atoms with van der Waals surface area (Å²) in [6.07, 6.45) is 2.43. The quantitative estimate of drug-likeness (QED) is 0.897. The van der Waals surface area contributed by atoms with Crippen molar-refractivity contribution in [1.82, 2.24) is 5.32 Å². The van der Waals surface area contributed by atoms with E-state index in [0.717, 1.165) is 42.1 Å². The Morgan fingerprint density at radius 1 is 1.53 bits per heavy atom. The van der Waals surface area contributed by atoms with Gasteiger partial charge in [0.05, 0.1) is 11.3 Å². The molecule has 1 aromatic carbocycles. The van der Waals surface area contributed by atoms with Gasteiger partial charge in [-0.15, -0.1) is 0 Å². The fourth-order valence-corrected chi connectivity index (χ4v) is 2.49. The lowest BCUT2D eigenvalue weighted by Gasteiger charge is -2.11. The zero-order valence-electron chi connectivity index (χ0n) is 9.67. The van der Waals surface area contributed by atoms with Crippen LogP contribution in [0.4, 0.5) is 5.69 Å². The van der Waals surface area contributed by atoms with Gasteiger partial charge in [-0.1, -0.05) is 15.9 Å². The van der Waals surface area contributed by atoms with Crippen LogP contribution >= 0.6 is 15.9 Å². The molecular formula is C13H16BrN3. The van der Waals surface area contributed by atoms with E-state index in [-0.39, 0.29) is 0 Å². The van der Waals surface area contributed by atoms with Crippen LogP contribution in [0.1, 0.15) is 18.4 Å². The molecule has 1 aromatic rings. The van der Waals surface area contributed by atoms with E-state index in [1.54, 1.807) is 0 Å². The number of nitrogens with zero attached hydrogens (tertiary/aromatic N) is 1. The molecule has 2 rings (SSSR count). The largest absolute Gasteiger partial charge is 0.384 e. The minimum Gasteiger partial charge on any atom is -0.384 e. The first-order chi connectivity index (χ1) is 8.29. The molecule has 0 aliphatic carbocycles. The van der Waals surface area contributed by atoms with E-state index in [4.69, 9.17) is 5.26 Å². The maximum absolute atomic E-state index is 9.00. The molecule has 1 fully saturated rings. The predicted octanol–water partition coefficient (Wildman–Crippen LogP) is 2.73. The SMILES string of the molecule is N#Cc1ccc(Br)cc1NCCC1CCNC1. The highest BCUT2D eigenvalue weighted by Gasteiger charge is 2.13. The number of nitriles is 1. The van der Waals surface area contributed by atoms with Crippen LogP contribution in [0.2, 0.25) is 0 Å². The molecule has 1 aliphatic rings. The number of hydrogen-bond donors (Lipinski definition) is 2. The van der Waals surface area contributed by atoms with Crippen LogP contribution < -0.4 is 10.6 Å². The molecule has 1 atom stereocenters. The fraction of sp³-hybridized carbons (Fsp3) is 0.462. The molecule has 90 valence electrons. The van der Waals surface area contributed by atoms with Crippen LogP contribution in [0.5, 0.6) is 0 Å². The number of hydrogen-bond acceptors (Lipinski definition) is 3. The first-order valence-corrected chi connectivity index (χ1v) is 6.73. The highest BCUT2D eigenvalue weighted by atomic mass is 79.9. The van der Waals surface area contributed by atoms with E-state index in [1.165, 1.54) is 6.42 Å². The standard InChI is InChI=1S/C13H16BrN3/c14-12-2-1-11(8-15)13(7-12)17-6-4-10-3-5-16-9-10/h1-2,7,10,16-17H,3-6,9H2. The van der Waals surface area contributed by atoms with Gasteiger partial charge in [-0.25, -0.2) is 0 Å². The molecule has 2 N–H and O–H groups in total. The summed E-state index contributed by atoms with van der Waals surface area (Å²) in [5.74, 6) is 0.778. The number of halogens is 1. The Morgan fingerprint density at radius 2 is 2.41 bits per heavy atom. The minimum atomic E-state index is 0.706. The first-order valence-electron chi connectivity index (χ1n) is 5.94. The molecular weight excluding hydrogens is 278 g/mol. The van der Waals surface area contributed by atoms with Gasteiger partial charge in [-0.3, -0.25) is 0 Å². The number of rotatable bonds is 4. The van der Waals surface area contributed by atoms with E-state index >= 15 is 0 Å². The Morgan fingerprint density at radius 3 is 3.12 bits per heavy atom. The number of nitrogens with one attached hydrogen (secondary N) is 2. The van der Waals surface area contributed by atoms with Gasteiger partial charge >= 0.3 is 0 Å². The van der Waals surface area contributed by atoms with Crippen LogP contribution in [-0.4, -0.2) is 19.6 Å². The summed E-state index contributed by atoms with van der Waals surface area (Å²) in [6.45, 7) is 3.20. The fourth-order valence-electron chi connectivity index (χ4n) is 2.13. The zero-order valence-corrected chi connectivity index (χ0v) is 11.3. The smallest absolute Gasteiger partial charge is 0.101 e. The summed E-state index contributed by atoms with van der Waals surface area (Å²) in [7, 11) is 0. The average molecular weight is 294 g/mol. The molecule has 1 aliphatic heterocycles. The molecule has 0 amide bonds.